The Bertz CT molecular complexity index is 1290. The van der Waals surface area contributed by atoms with Gasteiger partial charge in [-0.15, -0.1) is 5.10 Å². The van der Waals surface area contributed by atoms with Crippen LogP contribution < -0.4 is 5.32 Å². The van der Waals surface area contributed by atoms with E-state index in [1.807, 2.05) is 12.1 Å². The molecule has 0 radical (unpaired) electrons. The maximum Gasteiger partial charge on any atom is 0.416 e. The molecule has 1 heterocycles. The maximum absolute atomic E-state index is 13.8. The van der Waals surface area contributed by atoms with E-state index >= 15 is 0 Å². The molecule has 0 aliphatic heterocycles. The molecule has 2 aromatic carbocycles. The number of rotatable bonds is 6. The van der Waals surface area contributed by atoms with E-state index in [9.17, 15) is 22.2 Å². The lowest BCUT2D eigenvalue weighted by Gasteiger charge is -2.15. The van der Waals surface area contributed by atoms with Crippen LogP contribution in [-0.4, -0.2) is 33.9 Å². The molecule has 0 saturated heterocycles. The first-order valence-corrected chi connectivity index (χ1v) is 11.6. The van der Waals surface area contributed by atoms with Crippen molar-refractivity contribution in [2.24, 2.45) is 4.36 Å². The Labute approximate surface area is 194 Å². The van der Waals surface area contributed by atoms with E-state index in [4.69, 9.17) is 11.6 Å². The van der Waals surface area contributed by atoms with Crippen LogP contribution in [0.4, 0.5) is 13.2 Å². The van der Waals surface area contributed by atoms with Crippen LogP contribution in [0.3, 0.4) is 0 Å². The molecule has 11 heteroatoms. The van der Waals surface area contributed by atoms with Gasteiger partial charge in [-0.2, -0.15) is 18.3 Å². The van der Waals surface area contributed by atoms with Crippen LogP contribution >= 0.6 is 11.6 Å². The highest BCUT2D eigenvalue weighted by Gasteiger charge is 2.33. The van der Waals surface area contributed by atoms with Crippen LogP contribution in [0.1, 0.15) is 27.2 Å². The van der Waals surface area contributed by atoms with Crippen molar-refractivity contribution in [3.63, 3.8) is 0 Å². The summed E-state index contributed by atoms with van der Waals surface area (Å²) in [6.45, 7) is 1.85. The van der Waals surface area contributed by atoms with Gasteiger partial charge in [0.2, 0.25) is 0 Å². The number of nitrogens with zero attached hydrogens (tertiary/aromatic N) is 3. The lowest BCUT2D eigenvalue weighted by Crippen LogP contribution is -2.28. The molecule has 1 aromatic heterocycles. The molecule has 0 saturated carbocycles. The highest BCUT2D eigenvalue weighted by atomic mass is 35.5. The van der Waals surface area contributed by atoms with Crippen LogP contribution in [0.5, 0.6) is 0 Å². The standard InChI is InChI=1S/C22H20ClF3N4O2S/c1-14-12-19(20(31)28-11-10-15-6-8-17(23)9-7-15)21(30-29-14)33(32,27-2)18-5-3-4-16(13-18)22(24,25)26/h3-9,12-13H,10-11H2,1-2H3,(H,28,31). The van der Waals surface area contributed by atoms with Crippen LogP contribution in [-0.2, 0) is 22.3 Å². The normalized spacial score (nSPS) is 13.3. The van der Waals surface area contributed by atoms with Gasteiger partial charge in [0, 0.05) is 18.6 Å². The van der Waals surface area contributed by atoms with Crippen molar-refractivity contribution < 1.29 is 22.2 Å². The van der Waals surface area contributed by atoms with Gasteiger partial charge in [-0.3, -0.25) is 4.79 Å². The van der Waals surface area contributed by atoms with Crippen LogP contribution in [0.25, 0.3) is 0 Å². The van der Waals surface area contributed by atoms with Crippen molar-refractivity contribution in [2.75, 3.05) is 13.6 Å². The molecule has 0 bridgehead atoms. The summed E-state index contributed by atoms with van der Waals surface area (Å²) in [5, 5.41) is 10.8. The van der Waals surface area contributed by atoms with Gasteiger partial charge in [-0.25, -0.2) is 8.57 Å². The molecule has 3 rings (SSSR count). The van der Waals surface area contributed by atoms with Gasteiger partial charge in [-0.05, 0) is 55.3 Å². The van der Waals surface area contributed by atoms with Crippen LogP contribution in [0.15, 0.2) is 68.9 Å². The fourth-order valence-electron chi connectivity index (χ4n) is 3.06. The molecule has 1 unspecified atom stereocenters. The minimum absolute atomic E-state index is 0.0633. The minimum Gasteiger partial charge on any atom is -0.352 e. The molecule has 3 aromatic rings. The van der Waals surface area contributed by atoms with E-state index in [0.717, 1.165) is 23.8 Å². The lowest BCUT2D eigenvalue weighted by atomic mass is 10.1. The van der Waals surface area contributed by atoms with Gasteiger partial charge in [0.25, 0.3) is 5.91 Å². The average molecular weight is 497 g/mol. The molecular formula is C22H20ClF3N4O2S. The van der Waals surface area contributed by atoms with Crippen LogP contribution in [0, 0.1) is 6.92 Å². The fourth-order valence-corrected chi connectivity index (χ4v) is 4.94. The number of aryl methyl sites for hydroxylation is 1. The summed E-state index contributed by atoms with van der Waals surface area (Å²) in [6, 6.07) is 12.5. The topological polar surface area (TPSA) is 84.3 Å². The number of halogens is 4. The van der Waals surface area contributed by atoms with Crippen molar-refractivity contribution in [1.82, 2.24) is 15.5 Å². The van der Waals surface area contributed by atoms with E-state index in [-0.39, 0.29) is 22.0 Å². The van der Waals surface area contributed by atoms with E-state index in [1.54, 1.807) is 19.1 Å². The summed E-state index contributed by atoms with van der Waals surface area (Å²) in [4.78, 5) is 12.7. The number of carbonyl (C=O) groups excluding carboxylic acids is 1. The molecule has 1 atom stereocenters. The number of alkyl halides is 3. The number of carbonyl (C=O) groups is 1. The van der Waals surface area contributed by atoms with Crippen molar-refractivity contribution >= 4 is 27.2 Å². The largest absolute Gasteiger partial charge is 0.416 e. The Morgan fingerprint density at radius 2 is 1.82 bits per heavy atom. The third-order valence-electron chi connectivity index (χ3n) is 4.74. The number of hydrogen-bond donors (Lipinski definition) is 1. The Morgan fingerprint density at radius 3 is 2.45 bits per heavy atom. The molecule has 0 aliphatic rings. The van der Waals surface area contributed by atoms with Crippen molar-refractivity contribution in [3.05, 3.63) is 82.0 Å². The van der Waals surface area contributed by atoms with Crippen molar-refractivity contribution in [1.29, 1.82) is 0 Å². The van der Waals surface area contributed by atoms with Gasteiger partial charge in [-0.1, -0.05) is 29.8 Å². The van der Waals surface area contributed by atoms with E-state index in [2.05, 4.69) is 19.9 Å². The summed E-state index contributed by atoms with van der Waals surface area (Å²) in [7, 11) is -2.46. The molecule has 1 amide bonds. The first kappa shape index (κ1) is 24.7. The number of aromatic nitrogens is 2. The van der Waals surface area contributed by atoms with Crippen molar-refractivity contribution in [3.8, 4) is 0 Å². The maximum atomic E-state index is 13.8. The van der Waals surface area contributed by atoms with Gasteiger partial charge in [0.1, 0.15) is 9.73 Å². The van der Waals surface area contributed by atoms with E-state index < -0.39 is 27.4 Å². The Morgan fingerprint density at radius 1 is 1.12 bits per heavy atom. The summed E-state index contributed by atoms with van der Waals surface area (Å²) >= 11 is 5.87. The van der Waals surface area contributed by atoms with Gasteiger partial charge >= 0.3 is 6.18 Å². The summed E-state index contributed by atoms with van der Waals surface area (Å²) in [5.41, 5.74) is 0.279. The molecule has 1 N–H and O–H groups in total. The van der Waals surface area contributed by atoms with Crippen LogP contribution in [0.2, 0.25) is 5.02 Å². The first-order chi connectivity index (χ1) is 15.5. The quantitative estimate of drug-likeness (QED) is 0.523. The highest BCUT2D eigenvalue weighted by Crippen LogP contribution is 2.33. The number of nitrogens with one attached hydrogen (secondary N) is 1. The molecule has 33 heavy (non-hydrogen) atoms. The molecule has 174 valence electrons. The molecule has 0 spiro atoms. The first-order valence-electron chi connectivity index (χ1n) is 9.74. The van der Waals surface area contributed by atoms with E-state index in [0.29, 0.717) is 17.1 Å². The zero-order valence-corrected chi connectivity index (χ0v) is 19.3. The zero-order valence-electron chi connectivity index (χ0n) is 17.7. The lowest BCUT2D eigenvalue weighted by molar-refractivity contribution is -0.137. The second-order valence-corrected chi connectivity index (χ2v) is 9.78. The predicted molar refractivity (Wildman–Crippen MR) is 119 cm³/mol. The third kappa shape index (κ3) is 5.69. The third-order valence-corrected chi connectivity index (χ3v) is 7.22. The summed E-state index contributed by atoms with van der Waals surface area (Å²) in [6.07, 6.45) is -4.12. The smallest absolute Gasteiger partial charge is 0.352 e. The Hall–Kier alpha value is -2.98. The minimum atomic E-state index is -4.63. The SMILES string of the molecule is CN=S(=O)(c1cccc(C(F)(F)F)c1)c1nnc(C)cc1C(=O)NCCc1ccc(Cl)cc1. The molecule has 6 nitrogen and oxygen atoms in total. The number of benzene rings is 2. The second kappa shape index (κ2) is 9.88. The monoisotopic (exact) mass is 496 g/mol. The predicted octanol–water partition coefficient (Wildman–Crippen LogP) is 4.95. The zero-order chi connectivity index (χ0) is 24.2. The summed E-state index contributed by atoms with van der Waals surface area (Å²) in [5.74, 6) is -0.583. The Kier molecular flexibility index (Phi) is 7.38. The van der Waals surface area contributed by atoms with Gasteiger partial charge in [0.15, 0.2) is 5.03 Å². The summed E-state index contributed by atoms with van der Waals surface area (Å²) < 4.78 is 57.2. The Balaban J connectivity index is 1.94. The van der Waals surface area contributed by atoms with Gasteiger partial charge < -0.3 is 5.32 Å². The molecule has 0 fully saturated rings. The second-order valence-electron chi connectivity index (χ2n) is 7.07. The fraction of sp³-hybridized carbons (Fsp3) is 0.227. The van der Waals surface area contributed by atoms with E-state index in [1.165, 1.54) is 19.2 Å². The molecule has 0 aliphatic carbocycles. The number of hydrogen-bond acceptors (Lipinski definition) is 5. The van der Waals surface area contributed by atoms with Crippen molar-refractivity contribution in [2.45, 2.75) is 29.4 Å². The highest BCUT2D eigenvalue weighted by molar-refractivity contribution is 7.93. The van der Waals surface area contributed by atoms with Gasteiger partial charge in [0.05, 0.1) is 21.7 Å². The molecular weight excluding hydrogens is 477 g/mol. The average Bonchev–Trinajstić information content (AvgIpc) is 2.79. The number of amides is 1.